The van der Waals surface area contributed by atoms with Gasteiger partial charge in [-0.2, -0.15) is 0 Å². The summed E-state index contributed by atoms with van der Waals surface area (Å²) >= 11 is 0. The van der Waals surface area contributed by atoms with E-state index >= 15 is 0 Å². The zero-order chi connectivity index (χ0) is 17.4. The first kappa shape index (κ1) is 17.8. The van der Waals surface area contributed by atoms with E-state index in [2.05, 4.69) is 4.74 Å². The zero-order valence-electron chi connectivity index (χ0n) is 13.3. The van der Waals surface area contributed by atoms with Gasteiger partial charge in [-0.3, -0.25) is 4.79 Å². The minimum atomic E-state index is -4.97. The number of carbonyl (C=O) groups is 1. The maximum atomic E-state index is 13.8. The van der Waals surface area contributed by atoms with Crippen LogP contribution in [0.3, 0.4) is 0 Å². The van der Waals surface area contributed by atoms with Crippen LogP contribution in [-0.2, 0) is 0 Å². The minimum Gasteiger partial charge on any atom is -0.403 e. The molecule has 1 aliphatic carbocycles. The van der Waals surface area contributed by atoms with Crippen LogP contribution in [0.4, 0.5) is 17.6 Å². The van der Waals surface area contributed by atoms with Crippen molar-refractivity contribution >= 4 is 5.78 Å². The zero-order valence-corrected chi connectivity index (χ0v) is 13.3. The maximum absolute atomic E-state index is 13.8. The average Bonchev–Trinajstić information content (AvgIpc) is 2.38. The molecule has 0 N–H and O–H groups in total. The van der Waals surface area contributed by atoms with Crippen LogP contribution >= 0.6 is 0 Å². The lowest BCUT2D eigenvalue weighted by atomic mass is 9.62. The molecule has 1 aliphatic rings. The van der Waals surface area contributed by atoms with E-state index in [4.69, 9.17) is 0 Å². The molecular weight excluding hydrogens is 312 g/mol. The average molecular weight is 332 g/mol. The van der Waals surface area contributed by atoms with Crippen LogP contribution in [0.2, 0.25) is 0 Å². The smallest absolute Gasteiger partial charge is 0.403 e. The van der Waals surface area contributed by atoms with E-state index < -0.39 is 17.9 Å². The molecule has 1 fully saturated rings. The molecule has 0 amide bonds. The highest BCUT2D eigenvalue weighted by Gasteiger charge is 2.42. The molecule has 1 aromatic carbocycles. The quantitative estimate of drug-likeness (QED) is 0.549. The number of rotatable bonds is 3. The van der Waals surface area contributed by atoms with E-state index in [9.17, 15) is 22.4 Å². The van der Waals surface area contributed by atoms with Gasteiger partial charge in [0.25, 0.3) is 0 Å². The first-order valence-corrected chi connectivity index (χ1v) is 7.61. The van der Waals surface area contributed by atoms with Gasteiger partial charge in [0, 0.05) is 11.5 Å². The van der Waals surface area contributed by atoms with Crippen LogP contribution in [0.25, 0.3) is 0 Å². The van der Waals surface area contributed by atoms with E-state index in [0.717, 1.165) is 31.4 Å². The van der Waals surface area contributed by atoms with E-state index in [1.54, 1.807) is 0 Å². The van der Waals surface area contributed by atoms with Crippen molar-refractivity contribution in [3.63, 3.8) is 0 Å². The van der Waals surface area contributed by atoms with Crippen molar-refractivity contribution in [1.29, 1.82) is 0 Å². The Balaban J connectivity index is 2.28. The van der Waals surface area contributed by atoms with Crippen LogP contribution in [0, 0.1) is 23.1 Å². The van der Waals surface area contributed by atoms with E-state index in [1.165, 1.54) is 6.07 Å². The van der Waals surface area contributed by atoms with Crippen LogP contribution in [0.5, 0.6) is 5.75 Å². The fraction of sp³-hybridized carbons (Fsp3) is 0.588. The summed E-state index contributed by atoms with van der Waals surface area (Å²) in [6.07, 6.45) is -2.13. The predicted octanol–water partition coefficient (Wildman–Crippen LogP) is 5.37. The van der Waals surface area contributed by atoms with E-state index in [0.29, 0.717) is 0 Å². The molecule has 128 valence electrons. The van der Waals surface area contributed by atoms with Crippen molar-refractivity contribution < 1.29 is 27.1 Å². The fourth-order valence-corrected chi connectivity index (χ4v) is 3.63. The highest BCUT2D eigenvalue weighted by Crippen LogP contribution is 2.45. The summed E-state index contributed by atoms with van der Waals surface area (Å²) in [6.45, 7) is 5.99. The van der Waals surface area contributed by atoms with Crippen LogP contribution in [0.15, 0.2) is 18.2 Å². The molecule has 0 saturated heterocycles. The Bertz CT molecular complexity index is 593. The topological polar surface area (TPSA) is 26.3 Å². The summed E-state index contributed by atoms with van der Waals surface area (Å²) in [4.78, 5) is 12.7. The van der Waals surface area contributed by atoms with Gasteiger partial charge in [0.1, 0.15) is 0 Å². The third-order valence-corrected chi connectivity index (χ3v) is 4.62. The van der Waals surface area contributed by atoms with Crippen molar-refractivity contribution in [2.24, 2.45) is 17.3 Å². The molecule has 6 heteroatoms. The van der Waals surface area contributed by atoms with Crippen LogP contribution < -0.4 is 4.74 Å². The number of ether oxygens (including phenoxy) is 1. The predicted molar refractivity (Wildman–Crippen MR) is 77.7 cm³/mol. The largest absolute Gasteiger partial charge is 0.573 e. The molecule has 1 saturated carbocycles. The molecule has 0 spiro atoms. The second kappa shape index (κ2) is 6.13. The molecule has 2 atom stereocenters. The SMILES string of the molecule is C[C@H]1CCCC(C)(C)[C@@H]1C(=O)c1ccc(OC(F)(F)F)c(F)c1. The fourth-order valence-electron chi connectivity index (χ4n) is 3.63. The highest BCUT2D eigenvalue weighted by atomic mass is 19.4. The number of carbonyl (C=O) groups excluding carboxylic acids is 1. The van der Waals surface area contributed by atoms with Gasteiger partial charge >= 0.3 is 6.36 Å². The minimum absolute atomic E-state index is 0.0869. The highest BCUT2D eigenvalue weighted by molar-refractivity contribution is 5.98. The first-order valence-electron chi connectivity index (χ1n) is 7.61. The summed E-state index contributed by atoms with van der Waals surface area (Å²) in [5.41, 5.74) is -0.129. The van der Waals surface area contributed by atoms with Crippen LogP contribution in [-0.4, -0.2) is 12.1 Å². The van der Waals surface area contributed by atoms with Crippen molar-refractivity contribution in [3.05, 3.63) is 29.6 Å². The van der Waals surface area contributed by atoms with Gasteiger partial charge in [-0.05, 0) is 42.4 Å². The third-order valence-electron chi connectivity index (χ3n) is 4.62. The van der Waals surface area contributed by atoms with Crippen molar-refractivity contribution in [3.8, 4) is 5.75 Å². The standard InChI is InChI=1S/C17H20F4O2/c1-10-5-4-8-16(2,3)14(10)15(22)11-6-7-13(12(18)9-11)23-17(19,20)21/h6-7,9-10,14H,4-5,8H2,1-3H3/t10-,14-/m0/s1. The van der Waals surface area contributed by atoms with E-state index in [1.807, 2.05) is 20.8 Å². The molecule has 2 nitrogen and oxygen atoms in total. The maximum Gasteiger partial charge on any atom is 0.573 e. The molecule has 23 heavy (non-hydrogen) atoms. The Morgan fingerprint density at radius 3 is 2.48 bits per heavy atom. The third kappa shape index (κ3) is 4.03. The first-order chi connectivity index (χ1) is 10.5. The number of Topliss-reactive ketones (excluding diaryl/α,β-unsaturated/α-hetero) is 1. The van der Waals surface area contributed by atoms with Gasteiger partial charge in [0.15, 0.2) is 17.3 Å². The summed E-state index contributed by atoms with van der Waals surface area (Å²) in [5.74, 6) is -2.45. The number of alkyl halides is 3. The molecule has 0 radical (unpaired) electrons. The summed E-state index contributed by atoms with van der Waals surface area (Å²) in [7, 11) is 0. The van der Waals surface area contributed by atoms with Gasteiger partial charge in [-0.15, -0.1) is 13.2 Å². The second-order valence-electron chi connectivity index (χ2n) is 6.89. The lowest BCUT2D eigenvalue weighted by Gasteiger charge is -2.42. The van der Waals surface area contributed by atoms with Gasteiger partial charge in [-0.25, -0.2) is 4.39 Å². The summed E-state index contributed by atoms with van der Waals surface area (Å²) in [6, 6.07) is 2.89. The van der Waals surface area contributed by atoms with Gasteiger partial charge in [-0.1, -0.05) is 27.2 Å². The van der Waals surface area contributed by atoms with Gasteiger partial charge in [0.2, 0.25) is 0 Å². The summed E-state index contributed by atoms with van der Waals surface area (Å²) < 4.78 is 53.9. The van der Waals surface area contributed by atoms with Crippen molar-refractivity contribution in [2.75, 3.05) is 0 Å². The normalized spacial score (nSPS) is 24.3. The lowest BCUT2D eigenvalue weighted by Crippen LogP contribution is -2.39. The Labute approximate surface area is 132 Å². The van der Waals surface area contributed by atoms with Crippen LogP contribution in [0.1, 0.15) is 50.4 Å². The van der Waals surface area contributed by atoms with Gasteiger partial charge in [0.05, 0.1) is 0 Å². The number of hydrogen-bond acceptors (Lipinski definition) is 2. The monoisotopic (exact) mass is 332 g/mol. The molecule has 0 bridgehead atoms. The Morgan fingerprint density at radius 2 is 1.96 bits per heavy atom. The van der Waals surface area contributed by atoms with Crippen molar-refractivity contribution in [2.45, 2.75) is 46.4 Å². The molecule has 0 heterocycles. The second-order valence-corrected chi connectivity index (χ2v) is 6.89. The molecular formula is C17H20F4O2. The van der Waals surface area contributed by atoms with Crippen molar-refractivity contribution in [1.82, 2.24) is 0 Å². The molecule has 0 aliphatic heterocycles. The molecule has 2 rings (SSSR count). The number of benzene rings is 1. The molecule has 1 aromatic rings. The lowest BCUT2D eigenvalue weighted by molar-refractivity contribution is -0.275. The number of ketones is 1. The van der Waals surface area contributed by atoms with Gasteiger partial charge < -0.3 is 4.74 Å². The molecule has 0 unspecified atom stereocenters. The Hall–Kier alpha value is -1.59. The summed E-state index contributed by atoms with van der Waals surface area (Å²) in [5, 5.41) is 0. The number of halogens is 4. The van der Waals surface area contributed by atoms with E-state index in [-0.39, 0.29) is 28.6 Å². The Morgan fingerprint density at radius 1 is 1.30 bits per heavy atom. The molecule has 0 aromatic heterocycles. The number of hydrogen-bond donors (Lipinski definition) is 0. The Kier molecular flexibility index (Phi) is 4.74.